The molecule has 1 N–H and O–H groups in total. The highest BCUT2D eigenvalue weighted by Crippen LogP contribution is 2.25. The van der Waals surface area contributed by atoms with Crippen molar-refractivity contribution < 1.29 is 19.1 Å². The van der Waals surface area contributed by atoms with Gasteiger partial charge in [-0.1, -0.05) is 54.6 Å². The highest BCUT2D eigenvalue weighted by atomic mass is 16.6. The second-order valence-electron chi connectivity index (χ2n) is 6.73. The average Bonchev–Trinajstić information content (AvgIpc) is 2.82. The van der Waals surface area contributed by atoms with Crippen molar-refractivity contribution in [3.8, 4) is 11.1 Å². The summed E-state index contributed by atoms with van der Waals surface area (Å²) < 4.78 is 9.76. The van der Waals surface area contributed by atoms with Crippen LogP contribution in [0, 0.1) is 0 Å². The predicted molar refractivity (Wildman–Crippen MR) is 123 cm³/mol. The van der Waals surface area contributed by atoms with E-state index in [0.29, 0.717) is 0 Å². The van der Waals surface area contributed by atoms with Gasteiger partial charge in [-0.3, -0.25) is 4.90 Å². The zero-order valence-electron chi connectivity index (χ0n) is 17.7. The summed E-state index contributed by atoms with van der Waals surface area (Å²) in [7, 11) is 4.46. The van der Waals surface area contributed by atoms with Gasteiger partial charge in [0.25, 0.3) is 0 Å². The van der Waals surface area contributed by atoms with Gasteiger partial charge in [-0.05, 0) is 47.0 Å². The Bertz CT molecular complexity index is 1080. The summed E-state index contributed by atoms with van der Waals surface area (Å²) in [6.07, 6.45) is 1.62. The minimum absolute atomic E-state index is 0.128. The van der Waals surface area contributed by atoms with Gasteiger partial charge >= 0.3 is 12.0 Å². The van der Waals surface area contributed by atoms with Gasteiger partial charge in [-0.15, -0.1) is 0 Å². The molecule has 6 heteroatoms. The Kier molecular flexibility index (Phi) is 7.06. The number of nitrogens with zero attached hydrogens (tertiary/aromatic N) is 1. The largest absolute Gasteiger partial charge is 0.490 e. The van der Waals surface area contributed by atoms with E-state index in [-0.39, 0.29) is 11.8 Å². The number of hydrogen-bond donors (Lipinski definition) is 1. The molecular weight excluding hydrogens is 392 g/mol. The molecule has 0 fully saturated rings. The SMILES string of the molecule is COC(=O)C(=Cc1ccc(-c2cccc(N(C)C(=O)Nc3ccccc3)c2)cc1)OC. The molecule has 0 aliphatic rings. The van der Waals surface area contributed by atoms with Crippen molar-refractivity contribution in [2.75, 3.05) is 31.5 Å². The van der Waals surface area contributed by atoms with Gasteiger partial charge in [0.2, 0.25) is 5.76 Å². The minimum atomic E-state index is -0.531. The number of methoxy groups -OCH3 is 2. The molecule has 0 heterocycles. The molecule has 0 spiro atoms. The van der Waals surface area contributed by atoms with Gasteiger partial charge in [0.1, 0.15) is 0 Å². The molecule has 6 nitrogen and oxygen atoms in total. The molecule has 3 aromatic carbocycles. The zero-order valence-corrected chi connectivity index (χ0v) is 17.7. The summed E-state index contributed by atoms with van der Waals surface area (Å²) in [5.41, 5.74) is 4.26. The maximum atomic E-state index is 12.6. The summed E-state index contributed by atoms with van der Waals surface area (Å²) in [5, 5.41) is 2.88. The molecule has 0 saturated carbocycles. The summed E-state index contributed by atoms with van der Waals surface area (Å²) in [5.74, 6) is -0.403. The minimum Gasteiger partial charge on any atom is -0.490 e. The van der Waals surface area contributed by atoms with Crippen molar-refractivity contribution in [3.63, 3.8) is 0 Å². The Morgan fingerprint density at radius 1 is 0.839 bits per heavy atom. The lowest BCUT2D eigenvalue weighted by Gasteiger charge is -2.19. The molecule has 0 bridgehead atoms. The number of urea groups is 1. The number of nitrogens with one attached hydrogen (secondary N) is 1. The lowest BCUT2D eigenvalue weighted by molar-refractivity contribution is -0.139. The van der Waals surface area contributed by atoms with Crippen molar-refractivity contribution in [3.05, 3.63) is 90.2 Å². The number of esters is 1. The summed E-state index contributed by atoms with van der Waals surface area (Å²) in [6, 6.07) is 24.5. The molecule has 31 heavy (non-hydrogen) atoms. The first-order chi connectivity index (χ1) is 15.0. The number of amides is 2. The molecule has 3 rings (SSSR count). The molecule has 2 amide bonds. The number of rotatable bonds is 6. The van der Waals surface area contributed by atoms with E-state index in [0.717, 1.165) is 28.1 Å². The Labute approximate surface area is 181 Å². The third kappa shape index (κ3) is 5.51. The van der Waals surface area contributed by atoms with E-state index in [1.807, 2.05) is 78.9 Å². The summed E-state index contributed by atoms with van der Waals surface area (Å²) in [6.45, 7) is 0. The number of ether oxygens (including phenoxy) is 2. The fourth-order valence-electron chi connectivity index (χ4n) is 2.97. The van der Waals surface area contributed by atoms with Crippen molar-refractivity contribution >= 4 is 29.5 Å². The second-order valence-corrected chi connectivity index (χ2v) is 6.73. The van der Waals surface area contributed by atoms with E-state index in [9.17, 15) is 9.59 Å². The number of benzene rings is 3. The molecule has 0 radical (unpaired) electrons. The molecule has 0 unspecified atom stereocenters. The standard InChI is InChI=1S/C25H24N2O4/c1-27(25(29)26-21-9-5-4-6-10-21)22-11-7-8-20(17-22)19-14-12-18(13-15-19)16-23(30-2)24(28)31-3/h4-17H,1-3H3,(H,26,29). The van der Waals surface area contributed by atoms with Crippen LogP contribution < -0.4 is 10.2 Å². The van der Waals surface area contributed by atoms with E-state index < -0.39 is 5.97 Å². The quantitative estimate of drug-likeness (QED) is 0.341. The molecule has 3 aromatic rings. The van der Waals surface area contributed by atoms with Crippen LogP contribution in [0.15, 0.2) is 84.6 Å². The smallest absolute Gasteiger partial charge is 0.373 e. The third-order valence-electron chi connectivity index (χ3n) is 4.71. The molecule has 0 aliphatic carbocycles. The Balaban J connectivity index is 1.77. The van der Waals surface area contributed by atoms with Crippen molar-refractivity contribution in [2.24, 2.45) is 0 Å². The summed E-state index contributed by atoms with van der Waals surface area (Å²) in [4.78, 5) is 25.8. The topological polar surface area (TPSA) is 67.9 Å². The maximum Gasteiger partial charge on any atom is 0.373 e. The van der Waals surface area contributed by atoms with Gasteiger partial charge in [-0.25, -0.2) is 9.59 Å². The van der Waals surface area contributed by atoms with Crippen molar-refractivity contribution in [1.29, 1.82) is 0 Å². The predicted octanol–water partition coefficient (Wildman–Crippen LogP) is 5.18. The van der Waals surface area contributed by atoms with Crippen LogP contribution in [0.3, 0.4) is 0 Å². The van der Waals surface area contributed by atoms with Crippen LogP contribution in [0.2, 0.25) is 0 Å². The zero-order chi connectivity index (χ0) is 22.2. The van der Waals surface area contributed by atoms with Gasteiger partial charge in [0.15, 0.2) is 0 Å². The van der Waals surface area contributed by atoms with E-state index in [1.54, 1.807) is 18.0 Å². The summed E-state index contributed by atoms with van der Waals surface area (Å²) >= 11 is 0. The third-order valence-corrected chi connectivity index (χ3v) is 4.71. The van der Waals surface area contributed by atoms with E-state index in [1.165, 1.54) is 14.2 Å². The number of carbonyl (C=O) groups excluding carboxylic acids is 2. The number of anilines is 2. The van der Waals surface area contributed by atoms with Gasteiger partial charge in [0.05, 0.1) is 14.2 Å². The van der Waals surface area contributed by atoms with Crippen LogP contribution in [-0.4, -0.2) is 33.3 Å². The first-order valence-electron chi connectivity index (χ1n) is 9.66. The fourth-order valence-corrected chi connectivity index (χ4v) is 2.97. The number of hydrogen-bond acceptors (Lipinski definition) is 4. The Morgan fingerprint density at radius 3 is 2.19 bits per heavy atom. The molecule has 0 aromatic heterocycles. The maximum absolute atomic E-state index is 12.6. The highest BCUT2D eigenvalue weighted by molar-refractivity contribution is 6.01. The highest BCUT2D eigenvalue weighted by Gasteiger charge is 2.12. The van der Waals surface area contributed by atoms with Gasteiger partial charge in [-0.2, -0.15) is 0 Å². The van der Waals surface area contributed by atoms with Crippen LogP contribution in [0.1, 0.15) is 5.56 Å². The second kappa shape index (κ2) is 10.1. The lowest BCUT2D eigenvalue weighted by Crippen LogP contribution is -2.31. The first kappa shape index (κ1) is 21.6. The monoisotopic (exact) mass is 416 g/mol. The van der Waals surface area contributed by atoms with Gasteiger partial charge < -0.3 is 14.8 Å². The molecule has 158 valence electrons. The normalized spacial score (nSPS) is 10.9. The fraction of sp³-hybridized carbons (Fsp3) is 0.120. The van der Waals surface area contributed by atoms with E-state index >= 15 is 0 Å². The molecule has 0 saturated heterocycles. The average molecular weight is 416 g/mol. The Morgan fingerprint density at radius 2 is 1.55 bits per heavy atom. The van der Waals surface area contributed by atoms with Crippen LogP contribution in [0.25, 0.3) is 17.2 Å². The van der Waals surface area contributed by atoms with Crippen molar-refractivity contribution in [1.82, 2.24) is 0 Å². The molecule has 0 aliphatic heterocycles. The first-order valence-corrected chi connectivity index (χ1v) is 9.66. The van der Waals surface area contributed by atoms with Crippen LogP contribution in [0.5, 0.6) is 0 Å². The lowest BCUT2D eigenvalue weighted by atomic mass is 10.0. The van der Waals surface area contributed by atoms with E-state index in [2.05, 4.69) is 5.32 Å². The van der Waals surface area contributed by atoms with Crippen LogP contribution in [0.4, 0.5) is 16.2 Å². The van der Waals surface area contributed by atoms with E-state index in [4.69, 9.17) is 9.47 Å². The van der Waals surface area contributed by atoms with Crippen LogP contribution >= 0.6 is 0 Å². The van der Waals surface area contributed by atoms with Crippen molar-refractivity contribution in [2.45, 2.75) is 0 Å². The number of para-hydroxylation sites is 1. The number of carbonyl (C=O) groups is 2. The van der Waals surface area contributed by atoms with Crippen LogP contribution in [-0.2, 0) is 14.3 Å². The Hall–Kier alpha value is -4.06. The molecule has 0 atom stereocenters. The molecular formula is C25H24N2O4. The van der Waals surface area contributed by atoms with Gasteiger partial charge in [0, 0.05) is 18.4 Å².